The smallest absolute Gasteiger partial charge is 0.234 e. The second-order valence-corrected chi connectivity index (χ2v) is 6.29. The second kappa shape index (κ2) is 9.53. The molecule has 1 amide bonds. The van der Waals surface area contributed by atoms with Crippen molar-refractivity contribution in [3.63, 3.8) is 0 Å². The number of ketones is 1. The highest BCUT2D eigenvalue weighted by molar-refractivity contribution is 6.11. The van der Waals surface area contributed by atoms with Gasteiger partial charge in [0, 0.05) is 30.5 Å². The molecule has 5 nitrogen and oxygen atoms in total. The zero-order chi connectivity index (χ0) is 18.9. The molecule has 0 heterocycles. The molecule has 0 aliphatic heterocycles. The monoisotopic (exact) mass is 351 g/mol. The molecule has 136 valence electrons. The number of carbonyl (C=O) groups excluding carboxylic acids is 2. The lowest BCUT2D eigenvalue weighted by Gasteiger charge is -2.24. The number of anilines is 1. The molecule has 0 aromatic heterocycles. The molecule has 2 N–H and O–H groups in total. The molecule has 0 spiro atoms. The van der Waals surface area contributed by atoms with Crippen LogP contribution >= 0.6 is 0 Å². The fourth-order valence-electron chi connectivity index (χ4n) is 2.49. The Bertz CT molecular complexity index is 755. The Hall–Kier alpha value is -2.92. The van der Waals surface area contributed by atoms with Crippen molar-refractivity contribution in [2.24, 2.45) is 5.73 Å². The third kappa shape index (κ3) is 5.86. The van der Waals surface area contributed by atoms with Crippen LogP contribution < -0.4 is 10.6 Å². The molecule has 0 atom stereocenters. The van der Waals surface area contributed by atoms with E-state index in [1.807, 2.05) is 79.7 Å². The highest BCUT2D eigenvalue weighted by atomic mass is 16.2. The van der Waals surface area contributed by atoms with E-state index in [1.165, 1.54) is 6.08 Å². The van der Waals surface area contributed by atoms with Crippen LogP contribution in [0, 0.1) is 0 Å². The summed E-state index contributed by atoms with van der Waals surface area (Å²) in [5, 5.41) is 0. The number of amides is 1. The Morgan fingerprint density at radius 2 is 1.50 bits per heavy atom. The van der Waals surface area contributed by atoms with E-state index in [0.29, 0.717) is 18.8 Å². The number of nitrogens with zero attached hydrogens (tertiary/aromatic N) is 2. The Labute approximate surface area is 154 Å². The molecular formula is C21H25N3O2. The quantitative estimate of drug-likeness (QED) is 0.586. The van der Waals surface area contributed by atoms with Gasteiger partial charge in [0.1, 0.15) is 0 Å². The molecule has 2 aromatic carbocycles. The SMILES string of the molecule is CN(C)CCN(C(=O)CC(=O)/C=C(/N)c1ccccc1)c1ccccc1. The van der Waals surface area contributed by atoms with Crippen LogP contribution in [0.25, 0.3) is 5.70 Å². The van der Waals surface area contributed by atoms with Gasteiger partial charge in [-0.3, -0.25) is 9.59 Å². The molecule has 2 aromatic rings. The van der Waals surface area contributed by atoms with Crippen LogP contribution in [0.15, 0.2) is 66.7 Å². The lowest BCUT2D eigenvalue weighted by molar-refractivity contribution is -0.124. The number of para-hydroxylation sites is 1. The third-order valence-corrected chi connectivity index (χ3v) is 3.89. The van der Waals surface area contributed by atoms with Crippen LogP contribution in [-0.2, 0) is 9.59 Å². The maximum Gasteiger partial charge on any atom is 0.234 e. The first-order chi connectivity index (χ1) is 12.5. The highest BCUT2D eigenvalue weighted by Gasteiger charge is 2.18. The fraction of sp³-hybridized carbons (Fsp3) is 0.238. The van der Waals surface area contributed by atoms with E-state index < -0.39 is 0 Å². The van der Waals surface area contributed by atoms with E-state index in [-0.39, 0.29) is 18.1 Å². The Kier molecular flexibility index (Phi) is 7.12. The molecule has 0 radical (unpaired) electrons. The minimum atomic E-state index is -0.304. The topological polar surface area (TPSA) is 66.6 Å². The molecule has 0 unspecified atom stereocenters. The fourth-order valence-corrected chi connectivity index (χ4v) is 2.49. The number of hydrogen-bond donors (Lipinski definition) is 1. The predicted molar refractivity (Wildman–Crippen MR) is 106 cm³/mol. The van der Waals surface area contributed by atoms with E-state index in [4.69, 9.17) is 5.73 Å². The van der Waals surface area contributed by atoms with Gasteiger partial charge >= 0.3 is 0 Å². The molecule has 26 heavy (non-hydrogen) atoms. The van der Waals surface area contributed by atoms with Crippen molar-refractivity contribution in [1.29, 1.82) is 0 Å². The van der Waals surface area contributed by atoms with Gasteiger partial charge in [-0.2, -0.15) is 0 Å². The molecule has 0 saturated carbocycles. The van der Waals surface area contributed by atoms with Crippen LogP contribution in [0.4, 0.5) is 5.69 Å². The van der Waals surface area contributed by atoms with E-state index in [0.717, 1.165) is 11.3 Å². The summed E-state index contributed by atoms with van der Waals surface area (Å²) in [4.78, 5) is 28.6. The molecule has 2 rings (SSSR count). The highest BCUT2D eigenvalue weighted by Crippen LogP contribution is 2.15. The van der Waals surface area contributed by atoms with Crippen LogP contribution in [0.5, 0.6) is 0 Å². The number of hydrogen-bond acceptors (Lipinski definition) is 4. The second-order valence-electron chi connectivity index (χ2n) is 6.29. The minimum Gasteiger partial charge on any atom is -0.398 e. The summed E-state index contributed by atoms with van der Waals surface area (Å²) in [5.41, 5.74) is 7.88. The van der Waals surface area contributed by atoms with E-state index in [1.54, 1.807) is 4.90 Å². The van der Waals surface area contributed by atoms with E-state index in [2.05, 4.69) is 0 Å². The maximum atomic E-state index is 12.7. The first-order valence-electron chi connectivity index (χ1n) is 8.53. The lowest BCUT2D eigenvalue weighted by Crippen LogP contribution is -2.37. The maximum absolute atomic E-state index is 12.7. The minimum absolute atomic E-state index is 0.212. The van der Waals surface area contributed by atoms with E-state index in [9.17, 15) is 9.59 Å². The molecule has 0 aliphatic carbocycles. The van der Waals surface area contributed by atoms with Crippen LogP contribution in [0.2, 0.25) is 0 Å². The summed E-state index contributed by atoms with van der Waals surface area (Å²) in [5.74, 6) is -0.540. The van der Waals surface area contributed by atoms with Gasteiger partial charge in [-0.1, -0.05) is 48.5 Å². The Balaban J connectivity index is 2.09. The van der Waals surface area contributed by atoms with Crippen LogP contribution in [0.3, 0.4) is 0 Å². The van der Waals surface area contributed by atoms with Gasteiger partial charge < -0.3 is 15.5 Å². The zero-order valence-electron chi connectivity index (χ0n) is 15.3. The lowest BCUT2D eigenvalue weighted by atomic mass is 10.1. The van der Waals surface area contributed by atoms with Gasteiger partial charge in [-0.15, -0.1) is 0 Å². The summed E-state index contributed by atoms with van der Waals surface area (Å²) in [7, 11) is 3.89. The van der Waals surface area contributed by atoms with E-state index >= 15 is 0 Å². The standard InChI is InChI=1S/C21H25N3O2/c1-23(2)13-14-24(18-11-7-4-8-12-18)21(26)16-19(25)15-20(22)17-9-5-3-6-10-17/h3-12,15H,13-14,16,22H2,1-2H3/b20-15+. The summed E-state index contributed by atoms with van der Waals surface area (Å²) in [6.07, 6.45) is 1.12. The van der Waals surface area contributed by atoms with Crippen molar-refractivity contribution in [1.82, 2.24) is 4.90 Å². The number of benzene rings is 2. The molecule has 0 saturated heterocycles. The van der Waals surface area contributed by atoms with Crippen LogP contribution in [0.1, 0.15) is 12.0 Å². The van der Waals surface area contributed by atoms with Crippen molar-refractivity contribution < 1.29 is 9.59 Å². The Morgan fingerprint density at radius 1 is 0.923 bits per heavy atom. The van der Waals surface area contributed by atoms with Gasteiger partial charge in [0.15, 0.2) is 5.78 Å². The number of likely N-dealkylation sites (N-methyl/N-ethyl adjacent to an activating group) is 1. The average molecular weight is 351 g/mol. The van der Waals surface area contributed by atoms with Crippen molar-refractivity contribution in [3.05, 3.63) is 72.3 Å². The number of nitrogens with two attached hydrogens (primary N) is 1. The van der Waals surface area contributed by atoms with Crippen molar-refractivity contribution in [2.75, 3.05) is 32.1 Å². The van der Waals surface area contributed by atoms with Gasteiger partial charge in [0.2, 0.25) is 5.91 Å². The molecule has 5 heteroatoms. The molecule has 0 fully saturated rings. The summed E-state index contributed by atoms with van der Waals surface area (Å²) >= 11 is 0. The molecule has 0 bridgehead atoms. The summed E-state index contributed by atoms with van der Waals surface area (Å²) in [6.45, 7) is 1.22. The van der Waals surface area contributed by atoms with Crippen molar-refractivity contribution >= 4 is 23.1 Å². The van der Waals surface area contributed by atoms with Crippen LogP contribution in [-0.4, -0.2) is 43.8 Å². The van der Waals surface area contributed by atoms with Gasteiger partial charge in [0.25, 0.3) is 0 Å². The van der Waals surface area contributed by atoms with Gasteiger partial charge in [0.05, 0.1) is 6.42 Å². The predicted octanol–water partition coefficient (Wildman–Crippen LogP) is 2.54. The van der Waals surface area contributed by atoms with Gasteiger partial charge in [-0.25, -0.2) is 0 Å². The summed E-state index contributed by atoms with van der Waals surface area (Å²) < 4.78 is 0. The molecule has 0 aliphatic rings. The number of rotatable bonds is 8. The number of allylic oxidation sites excluding steroid dienone is 1. The zero-order valence-corrected chi connectivity index (χ0v) is 15.3. The Morgan fingerprint density at radius 3 is 2.08 bits per heavy atom. The van der Waals surface area contributed by atoms with Gasteiger partial charge in [-0.05, 0) is 31.8 Å². The van der Waals surface area contributed by atoms with Crippen molar-refractivity contribution in [3.8, 4) is 0 Å². The third-order valence-electron chi connectivity index (χ3n) is 3.89. The number of carbonyl (C=O) groups is 2. The van der Waals surface area contributed by atoms with Crippen molar-refractivity contribution in [2.45, 2.75) is 6.42 Å². The first kappa shape index (κ1) is 19.4. The normalized spacial score (nSPS) is 11.4. The largest absolute Gasteiger partial charge is 0.398 e. The first-order valence-corrected chi connectivity index (χ1v) is 8.53. The molecular weight excluding hydrogens is 326 g/mol. The average Bonchev–Trinajstić information content (AvgIpc) is 2.63. The summed E-state index contributed by atoms with van der Waals surface area (Å²) in [6, 6.07) is 18.6.